The van der Waals surface area contributed by atoms with Gasteiger partial charge < -0.3 is 9.64 Å². The average Bonchev–Trinajstić information content (AvgIpc) is 2.63. The van der Waals surface area contributed by atoms with E-state index in [2.05, 4.69) is 0 Å². The second kappa shape index (κ2) is 8.71. The third-order valence-electron chi connectivity index (χ3n) is 4.11. The summed E-state index contributed by atoms with van der Waals surface area (Å²) in [6, 6.07) is 11.8. The van der Waals surface area contributed by atoms with Gasteiger partial charge in [0.15, 0.2) is 6.61 Å². The molecule has 0 heterocycles. The fourth-order valence-electron chi connectivity index (χ4n) is 2.59. The number of hydrogen-bond acceptors (Lipinski definition) is 5. The largest absolute Gasteiger partial charge is 0.452 e. The Morgan fingerprint density at radius 2 is 1.72 bits per heavy atom. The highest BCUT2D eigenvalue weighted by molar-refractivity contribution is 7.89. The number of ether oxygens (including phenoxy) is 1. The summed E-state index contributed by atoms with van der Waals surface area (Å²) in [4.78, 5) is 26.0. The Balaban J connectivity index is 2.14. The van der Waals surface area contributed by atoms with Crippen molar-refractivity contribution in [3.8, 4) is 0 Å². The molecule has 0 aliphatic carbocycles. The van der Waals surface area contributed by atoms with Crippen LogP contribution in [0.1, 0.15) is 36.7 Å². The van der Waals surface area contributed by atoms with Gasteiger partial charge in [-0.15, -0.1) is 0 Å². The molecule has 0 spiro atoms. The van der Waals surface area contributed by atoms with E-state index in [-0.39, 0.29) is 0 Å². The first-order chi connectivity index (χ1) is 13.4. The standard InChI is InChI=1S/C20H23FN2O5S/c1-20(2,3)23(12-14-7-5-4-6-8-14)18(24)13-28-19(25)16-11-15(29(22,26)27)9-10-17(16)21/h4-11H,12-13H2,1-3H3,(H2,22,26,27). The number of benzene rings is 2. The smallest absolute Gasteiger partial charge is 0.341 e. The predicted molar refractivity (Wildman–Crippen MR) is 105 cm³/mol. The van der Waals surface area contributed by atoms with Crippen molar-refractivity contribution < 1.29 is 27.1 Å². The molecule has 1 amide bonds. The second-order valence-electron chi connectivity index (χ2n) is 7.40. The van der Waals surface area contributed by atoms with Crippen molar-refractivity contribution in [1.29, 1.82) is 0 Å². The number of nitrogens with zero attached hydrogens (tertiary/aromatic N) is 1. The fourth-order valence-corrected chi connectivity index (χ4v) is 3.13. The zero-order valence-electron chi connectivity index (χ0n) is 16.4. The maximum atomic E-state index is 13.9. The van der Waals surface area contributed by atoms with Gasteiger partial charge >= 0.3 is 5.97 Å². The molecular formula is C20H23FN2O5S. The van der Waals surface area contributed by atoms with E-state index in [4.69, 9.17) is 9.88 Å². The molecular weight excluding hydrogens is 399 g/mol. The highest BCUT2D eigenvalue weighted by atomic mass is 32.2. The number of rotatable bonds is 6. The van der Waals surface area contributed by atoms with Crippen LogP contribution in [0.4, 0.5) is 4.39 Å². The topological polar surface area (TPSA) is 107 Å². The number of amides is 1. The molecule has 2 N–H and O–H groups in total. The van der Waals surface area contributed by atoms with Crippen molar-refractivity contribution in [2.24, 2.45) is 5.14 Å². The molecule has 0 aliphatic rings. The Kier molecular flexibility index (Phi) is 6.76. The minimum absolute atomic E-state index is 0.302. The Labute approximate surface area is 169 Å². The number of sulfonamides is 1. The van der Waals surface area contributed by atoms with E-state index in [1.165, 1.54) is 4.90 Å². The van der Waals surface area contributed by atoms with Gasteiger partial charge in [0.2, 0.25) is 10.0 Å². The van der Waals surface area contributed by atoms with Crippen LogP contribution >= 0.6 is 0 Å². The van der Waals surface area contributed by atoms with Crippen LogP contribution in [-0.2, 0) is 26.1 Å². The molecule has 0 fully saturated rings. The quantitative estimate of drug-likeness (QED) is 0.720. The average molecular weight is 422 g/mol. The number of esters is 1. The van der Waals surface area contributed by atoms with Gasteiger partial charge in [0.05, 0.1) is 10.5 Å². The summed E-state index contributed by atoms with van der Waals surface area (Å²) >= 11 is 0. The molecule has 0 aliphatic heterocycles. The highest BCUT2D eigenvalue weighted by Gasteiger charge is 2.28. The van der Waals surface area contributed by atoms with Crippen LogP contribution in [0.25, 0.3) is 0 Å². The van der Waals surface area contributed by atoms with Crippen LogP contribution in [-0.4, -0.2) is 37.3 Å². The number of primary sulfonamides is 1. The van der Waals surface area contributed by atoms with Gasteiger partial charge in [-0.25, -0.2) is 22.7 Å². The molecule has 0 aromatic heterocycles. The van der Waals surface area contributed by atoms with E-state index in [0.29, 0.717) is 6.54 Å². The lowest BCUT2D eigenvalue weighted by Gasteiger charge is -2.35. The predicted octanol–water partition coefficient (Wildman–Crippen LogP) is 2.46. The first-order valence-electron chi connectivity index (χ1n) is 8.73. The molecule has 0 radical (unpaired) electrons. The molecule has 156 valence electrons. The number of hydrogen-bond donors (Lipinski definition) is 1. The van der Waals surface area contributed by atoms with Crippen molar-refractivity contribution in [2.75, 3.05) is 6.61 Å². The molecule has 0 unspecified atom stereocenters. The molecule has 9 heteroatoms. The van der Waals surface area contributed by atoms with Crippen molar-refractivity contribution in [3.05, 3.63) is 65.5 Å². The van der Waals surface area contributed by atoms with Crippen LogP contribution < -0.4 is 5.14 Å². The summed E-state index contributed by atoms with van der Waals surface area (Å²) in [6.07, 6.45) is 0. The second-order valence-corrected chi connectivity index (χ2v) is 8.96. The molecule has 0 saturated carbocycles. The lowest BCUT2D eigenvalue weighted by Crippen LogP contribution is -2.46. The molecule has 7 nitrogen and oxygen atoms in total. The third-order valence-corrected chi connectivity index (χ3v) is 5.02. The van der Waals surface area contributed by atoms with E-state index in [9.17, 15) is 22.4 Å². The Morgan fingerprint density at radius 1 is 1.10 bits per heavy atom. The molecule has 29 heavy (non-hydrogen) atoms. The fraction of sp³-hybridized carbons (Fsp3) is 0.300. The van der Waals surface area contributed by atoms with Crippen molar-refractivity contribution in [2.45, 2.75) is 37.8 Å². The van der Waals surface area contributed by atoms with E-state index in [1.54, 1.807) is 0 Å². The lowest BCUT2D eigenvalue weighted by molar-refractivity contribution is -0.140. The van der Waals surface area contributed by atoms with Gasteiger partial charge in [0.25, 0.3) is 5.91 Å². The van der Waals surface area contributed by atoms with Crippen LogP contribution in [0, 0.1) is 5.82 Å². The Bertz CT molecular complexity index is 1000. The molecule has 0 atom stereocenters. The minimum atomic E-state index is -4.12. The number of carbonyl (C=O) groups is 2. The summed E-state index contributed by atoms with van der Waals surface area (Å²) in [5.74, 6) is -2.61. The van der Waals surface area contributed by atoms with Gasteiger partial charge in [0, 0.05) is 12.1 Å². The maximum absolute atomic E-state index is 13.9. The van der Waals surface area contributed by atoms with Gasteiger partial charge in [0.1, 0.15) is 5.82 Å². The van der Waals surface area contributed by atoms with Crippen LogP contribution in [0.5, 0.6) is 0 Å². The molecule has 0 saturated heterocycles. The van der Waals surface area contributed by atoms with Crippen molar-refractivity contribution >= 4 is 21.9 Å². The number of nitrogens with two attached hydrogens (primary N) is 1. The summed E-state index contributed by atoms with van der Waals surface area (Å²) in [6.45, 7) is 5.19. The van der Waals surface area contributed by atoms with Crippen LogP contribution in [0.15, 0.2) is 53.4 Å². The van der Waals surface area contributed by atoms with Gasteiger partial charge in [-0.3, -0.25) is 4.79 Å². The summed E-state index contributed by atoms with van der Waals surface area (Å²) in [5, 5.41) is 5.00. The van der Waals surface area contributed by atoms with Gasteiger partial charge in [-0.05, 0) is 44.5 Å². The van der Waals surface area contributed by atoms with Crippen LogP contribution in [0.3, 0.4) is 0 Å². The Hall–Kier alpha value is -2.78. The van der Waals surface area contributed by atoms with E-state index >= 15 is 0 Å². The summed E-state index contributed by atoms with van der Waals surface area (Å²) in [7, 11) is -4.12. The van der Waals surface area contributed by atoms with Gasteiger partial charge in [-0.2, -0.15) is 0 Å². The maximum Gasteiger partial charge on any atom is 0.341 e. The molecule has 2 aromatic carbocycles. The minimum Gasteiger partial charge on any atom is -0.452 e. The first-order valence-corrected chi connectivity index (χ1v) is 10.3. The summed E-state index contributed by atoms with van der Waals surface area (Å²) < 4.78 is 41.7. The van der Waals surface area contributed by atoms with E-state index in [0.717, 1.165) is 23.8 Å². The number of halogens is 1. The van der Waals surface area contributed by atoms with Crippen LogP contribution in [0.2, 0.25) is 0 Å². The van der Waals surface area contributed by atoms with Crippen molar-refractivity contribution in [1.82, 2.24) is 4.90 Å². The zero-order chi connectivity index (χ0) is 21.8. The van der Waals surface area contributed by atoms with Gasteiger partial charge in [-0.1, -0.05) is 30.3 Å². The number of carbonyl (C=O) groups excluding carboxylic acids is 2. The van der Waals surface area contributed by atoms with E-state index in [1.807, 2.05) is 51.1 Å². The third kappa shape index (κ3) is 6.10. The SMILES string of the molecule is CC(C)(C)N(Cc1ccccc1)C(=O)COC(=O)c1cc(S(N)(=O)=O)ccc1F. The molecule has 0 bridgehead atoms. The summed E-state index contributed by atoms with van der Waals surface area (Å²) in [5.41, 5.74) is -0.276. The zero-order valence-corrected chi connectivity index (χ0v) is 17.2. The lowest BCUT2D eigenvalue weighted by atomic mass is 10.0. The normalized spacial score (nSPS) is 11.8. The Morgan fingerprint density at radius 3 is 2.28 bits per heavy atom. The molecule has 2 rings (SSSR count). The highest BCUT2D eigenvalue weighted by Crippen LogP contribution is 2.19. The molecule has 2 aromatic rings. The van der Waals surface area contributed by atoms with Crippen molar-refractivity contribution in [3.63, 3.8) is 0 Å². The monoisotopic (exact) mass is 422 g/mol. The van der Waals surface area contributed by atoms with E-state index < -0.39 is 50.3 Å². The first kappa shape index (κ1) is 22.5.